The van der Waals surface area contributed by atoms with Crippen LogP contribution in [0.4, 0.5) is 0 Å². The van der Waals surface area contributed by atoms with Gasteiger partial charge in [-0.2, -0.15) is 0 Å². The summed E-state index contributed by atoms with van der Waals surface area (Å²) in [4.78, 5) is 4.32. The zero-order valence-corrected chi connectivity index (χ0v) is 14.1. The third-order valence-electron chi connectivity index (χ3n) is 3.91. The molecule has 0 heterocycles. The molecule has 1 saturated carbocycles. The minimum atomic E-state index is 0.526. The van der Waals surface area contributed by atoms with Crippen molar-refractivity contribution >= 4 is 5.96 Å². The Kier molecular flexibility index (Phi) is 6.56. The molecule has 2 N–H and O–H groups in total. The molecule has 22 heavy (non-hydrogen) atoms. The Balaban J connectivity index is 1.89. The second kappa shape index (κ2) is 8.66. The second-order valence-corrected chi connectivity index (χ2v) is 6.36. The van der Waals surface area contributed by atoms with E-state index < -0.39 is 0 Å². The van der Waals surface area contributed by atoms with Gasteiger partial charge in [-0.05, 0) is 24.8 Å². The van der Waals surface area contributed by atoms with Crippen LogP contribution in [0.25, 0.3) is 0 Å². The number of hydrogen-bond donors (Lipinski definition) is 2. The number of aliphatic imine (C=N–C) groups is 1. The first kappa shape index (κ1) is 16.7. The first-order valence-electron chi connectivity index (χ1n) is 8.37. The summed E-state index contributed by atoms with van der Waals surface area (Å²) < 4.78 is 5.90. The number of nitrogens with zero attached hydrogens (tertiary/aromatic N) is 1. The van der Waals surface area contributed by atoms with E-state index in [2.05, 4.69) is 35.5 Å². The van der Waals surface area contributed by atoms with Crippen molar-refractivity contribution < 1.29 is 4.74 Å². The van der Waals surface area contributed by atoms with Crippen molar-refractivity contribution in [2.45, 2.75) is 52.1 Å². The molecule has 1 aliphatic carbocycles. The fraction of sp³-hybridized carbons (Fsp3) is 0.611. The van der Waals surface area contributed by atoms with Gasteiger partial charge in [-0.1, -0.05) is 44.9 Å². The molecule has 0 aliphatic heterocycles. The lowest BCUT2D eigenvalue weighted by molar-refractivity contribution is 0.268. The van der Waals surface area contributed by atoms with Gasteiger partial charge < -0.3 is 15.4 Å². The number of para-hydroxylation sites is 1. The van der Waals surface area contributed by atoms with Crippen molar-refractivity contribution in [2.24, 2.45) is 10.9 Å². The molecule has 4 heteroatoms. The first-order chi connectivity index (χ1) is 10.7. The van der Waals surface area contributed by atoms with Crippen molar-refractivity contribution in [3.8, 4) is 5.75 Å². The monoisotopic (exact) mass is 303 g/mol. The minimum absolute atomic E-state index is 0.526. The lowest BCUT2D eigenvalue weighted by atomic mass is 10.2. The van der Waals surface area contributed by atoms with Gasteiger partial charge in [-0.3, -0.25) is 4.99 Å². The fourth-order valence-corrected chi connectivity index (χ4v) is 2.68. The van der Waals surface area contributed by atoms with E-state index in [1.54, 1.807) is 0 Å². The largest absolute Gasteiger partial charge is 0.493 e. The Morgan fingerprint density at radius 2 is 2.00 bits per heavy atom. The molecular weight excluding hydrogens is 274 g/mol. The molecule has 0 spiro atoms. The standard InChI is InChI=1S/C18H29N3O/c1-14(2)13-22-17-11-7-4-8-15(17)12-20-18(19-3)21-16-9-5-6-10-16/h4,7-8,11,14,16H,5-6,9-10,12-13H2,1-3H3,(H2,19,20,21). The zero-order valence-electron chi connectivity index (χ0n) is 14.1. The summed E-state index contributed by atoms with van der Waals surface area (Å²) in [5, 5.41) is 6.90. The number of nitrogens with one attached hydrogen (secondary N) is 2. The van der Waals surface area contributed by atoms with Crippen LogP contribution in [-0.2, 0) is 6.54 Å². The van der Waals surface area contributed by atoms with Crippen molar-refractivity contribution in [1.29, 1.82) is 0 Å². The molecule has 122 valence electrons. The predicted molar refractivity (Wildman–Crippen MR) is 92.4 cm³/mol. The Morgan fingerprint density at radius 1 is 1.27 bits per heavy atom. The number of ether oxygens (including phenoxy) is 1. The van der Waals surface area contributed by atoms with E-state index in [9.17, 15) is 0 Å². The topological polar surface area (TPSA) is 45.7 Å². The maximum Gasteiger partial charge on any atom is 0.191 e. The van der Waals surface area contributed by atoms with Crippen molar-refractivity contribution in [3.63, 3.8) is 0 Å². The molecule has 1 aromatic carbocycles. The summed E-state index contributed by atoms with van der Waals surface area (Å²) in [6.07, 6.45) is 5.13. The smallest absolute Gasteiger partial charge is 0.191 e. The van der Waals surface area contributed by atoms with Gasteiger partial charge in [0.25, 0.3) is 0 Å². The average molecular weight is 303 g/mol. The molecule has 0 atom stereocenters. The van der Waals surface area contributed by atoms with E-state index in [1.165, 1.54) is 25.7 Å². The Hall–Kier alpha value is -1.71. The quantitative estimate of drug-likeness (QED) is 0.626. The Morgan fingerprint density at radius 3 is 2.68 bits per heavy atom. The van der Waals surface area contributed by atoms with Crippen LogP contribution in [0.2, 0.25) is 0 Å². The van der Waals surface area contributed by atoms with Gasteiger partial charge in [0, 0.05) is 25.2 Å². The third-order valence-corrected chi connectivity index (χ3v) is 3.91. The molecule has 0 aromatic heterocycles. The molecule has 2 rings (SSSR count). The summed E-state index contributed by atoms with van der Waals surface area (Å²) >= 11 is 0. The van der Waals surface area contributed by atoms with Gasteiger partial charge in [0.1, 0.15) is 5.75 Å². The highest BCUT2D eigenvalue weighted by atomic mass is 16.5. The third kappa shape index (κ3) is 5.24. The number of hydrogen-bond acceptors (Lipinski definition) is 2. The fourth-order valence-electron chi connectivity index (χ4n) is 2.68. The van der Waals surface area contributed by atoms with Crippen LogP contribution in [-0.4, -0.2) is 25.7 Å². The van der Waals surface area contributed by atoms with E-state index in [0.29, 0.717) is 12.0 Å². The van der Waals surface area contributed by atoms with Gasteiger partial charge in [0.2, 0.25) is 0 Å². The van der Waals surface area contributed by atoms with E-state index >= 15 is 0 Å². The van der Waals surface area contributed by atoms with Crippen LogP contribution in [0, 0.1) is 5.92 Å². The normalized spacial score (nSPS) is 16.1. The van der Waals surface area contributed by atoms with Crippen LogP contribution < -0.4 is 15.4 Å². The van der Waals surface area contributed by atoms with E-state index in [4.69, 9.17) is 4.74 Å². The average Bonchev–Trinajstić information content (AvgIpc) is 3.03. The minimum Gasteiger partial charge on any atom is -0.493 e. The molecule has 0 radical (unpaired) electrons. The molecule has 0 saturated heterocycles. The summed E-state index contributed by atoms with van der Waals surface area (Å²) in [6.45, 7) is 5.79. The predicted octanol–water partition coefficient (Wildman–Crippen LogP) is 3.33. The zero-order chi connectivity index (χ0) is 15.8. The summed E-state index contributed by atoms with van der Waals surface area (Å²) in [5.74, 6) is 2.36. The number of benzene rings is 1. The highest BCUT2D eigenvalue weighted by Crippen LogP contribution is 2.19. The van der Waals surface area contributed by atoms with Gasteiger partial charge >= 0.3 is 0 Å². The van der Waals surface area contributed by atoms with Gasteiger partial charge in [0.15, 0.2) is 5.96 Å². The van der Waals surface area contributed by atoms with E-state index in [0.717, 1.165) is 30.4 Å². The molecule has 1 aromatic rings. The molecule has 0 bridgehead atoms. The number of rotatable bonds is 6. The van der Waals surface area contributed by atoms with E-state index in [1.807, 2.05) is 25.2 Å². The van der Waals surface area contributed by atoms with Crippen LogP contribution in [0.3, 0.4) is 0 Å². The van der Waals surface area contributed by atoms with Crippen molar-refractivity contribution in [1.82, 2.24) is 10.6 Å². The number of guanidine groups is 1. The molecule has 4 nitrogen and oxygen atoms in total. The first-order valence-corrected chi connectivity index (χ1v) is 8.37. The highest BCUT2D eigenvalue weighted by molar-refractivity contribution is 5.80. The molecule has 1 aliphatic rings. The van der Waals surface area contributed by atoms with Crippen LogP contribution in [0.15, 0.2) is 29.3 Å². The van der Waals surface area contributed by atoms with Crippen LogP contribution in [0.5, 0.6) is 5.75 Å². The maximum absolute atomic E-state index is 5.90. The summed E-state index contributed by atoms with van der Waals surface area (Å²) in [6, 6.07) is 8.77. The lowest BCUT2D eigenvalue weighted by Gasteiger charge is -2.18. The maximum atomic E-state index is 5.90. The highest BCUT2D eigenvalue weighted by Gasteiger charge is 2.16. The Labute approximate surface area is 134 Å². The van der Waals surface area contributed by atoms with Crippen LogP contribution >= 0.6 is 0 Å². The second-order valence-electron chi connectivity index (χ2n) is 6.36. The lowest BCUT2D eigenvalue weighted by Crippen LogP contribution is -2.42. The van der Waals surface area contributed by atoms with Gasteiger partial charge in [-0.25, -0.2) is 0 Å². The molecular formula is C18H29N3O. The SMILES string of the molecule is CN=C(NCc1ccccc1OCC(C)C)NC1CCCC1. The summed E-state index contributed by atoms with van der Waals surface area (Å²) in [5.41, 5.74) is 1.16. The van der Waals surface area contributed by atoms with E-state index in [-0.39, 0.29) is 0 Å². The molecule has 0 unspecified atom stereocenters. The van der Waals surface area contributed by atoms with Crippen molar-refractivity contribution in [2.75, 3.05) is 13.7 Å². The molecule has 1 fully saturated rings. The van der Waals surface area contributed by atoms with Gasteiger partial charge in [-0.15, -0.1) is 0 Å². The van der Waals surface area contributed by atoms with Crippen LogP contribution in [0.1, 0.15) is 45.1 Å². The molecule has 0 amide bonds. The van der Waals surface area contributed by atoms with Crippen molar-refractivity contribution in [3.05, 3.63) is 29.8 Å². The Bertz CT molecular complexity index is 479. The summed E-state index contributed by atoms with van der Waals surface area (Å²) in [7, 11) is 1.82. The van der Waals surface area contributed by atoms with Gasteiger partial charge in [0.05, 0.1) is 6.61 Å².